The first-order chi connectivity index (χ1) is 17.2. The van der Waals surface area contributed by atoms with Crippen molar-refractivity contribution in [2.45, 2.75) is 31.9 Å². The number of pyridine rings is 1. The van der Waals surface area contributed by atoms with Crippen molar-refractivity contribution in [1.82, 2.24) is 4.90 Å². The van der Waals surface area contributed by atoms with E-state index in [0.29, 0.717) is 42.3 Å². The molecule has 3 aromatic rings. The highest BCUT2D eigenvalue weighted by molar-refractivity contribution is 6.30. The van der Waals surface area contributed by atoms with Crippen LogP contribution in [0.1, 0.15) is 40.8 Å². The van der Waals surface area contributed by atoms with Gasteiger partial charge in [-0.25, -0.2) is 4.79 Å². The van der Waals surface area contributed by atoms with Gasteiger partial charge in [0, 0.05) is 35.4 Å². The number of hydrogen-bond acceptors (Lipinski definition) is 2. The van der Waals surface area contributed by atoms with E-state index in [0.717, 1.165) is 57.5 Å². The fourth-order valence-corrected chi connectivity index (χ4v) is 5.14. The van der Waals surface area contributed by atoms with E-state index < -0.39 is 11.7 Å². The van der Waals surface area contributed by atoms with Gasteiger partial charge in [-0.05, 0) is 79.3 Å². The van der Waals surface area contributed by atoms with E-state index >= 15 is 0 Å². The molecule has 0 atom stereocenters. The van der Waals surface area contributed by atoms with Crippen LogP contribution in [-0.2, 0) is 19.0 Å². The van der Waals surface area contributed by atoms with E-state index in [1.54, 1.807) is 11.0 Å². The fraction of sp³-hybridized carbons (Fsp3) is 0.259. The van der Waals surface area contributed by atoms with Gasteiger partial charge in [0.1, 0.15) is 0 Å². The quantitative estimate of drug-likeness (QED) is 0.310. The molecule has 1 N–H and O–H groups in total. The largest absolute Gasteiger partial charge is 0.618 e. The number of aromatic nitrogens is 1. The first-order valence-electron chi connectivity index (χ1n) is 11.7. The molecular weight excluding hydrogens is 491 g/mol. The summed E-state index contributed by atoms with van der Waals surface area (Å²) in [4.78, 5) is 14.4. The minimum atomic E-state index is -4.43. The maximum Gasteiger partial charge on any atom is 0.416 e. The molecule has 0 unspecified atom stereocenters. The van der Waals surface area contributed by atoms with E-state index in [2.05, 4.69) is 5.32 Å². The Bertz CT molecular complexity index is 1340. The van der Waals surface area contributed by atoms with Gasteiger partial charge in [0.15, 0.2) is 6.20 Å². The molecule has 36 heavy (non-hydrogen) atoms. The van der Waals surface area contributed by atoms with Gasteiger partial charge in [-0.2, -0.15) is 17.9 Å². The summed E-state index contributed by atoms with van der Waals surface area (Å²) in [6, 6.07) is 13.5. The molecule has 186 valence electrons. The summed E-state index contributed by atoms with van der Waals surface area (Å²) < 4.78 is 39.3. The predicted octanol–water partition coefficient (Wildman–Crippen LogP) is 6.22. The predicted molar refractivity (Wildman–Crippen MR) is 132 cm³/mol. The number of piperidine rings is 1. The maximum absolute atomic E-state index is 12.9. The lowest BCUT2D eigenvalue weighted by Gasteiger charge is -2.30. The lowest BCUT2D eigenvalue weighted by atomic mass is 9.88. The van der Waals surface area contributed by atoms with Gasteiger partial charge in [-0.1, -0.05) is 23.2 Å². The molecule has 1 aromatic heterocycles. The average molecular weight is 514 g/mol. The minimum Gasteiger partial charge on any atom is -0.618 e. The lowest BCUT2D eigenvalue weighted by molar-refractivity contribution is -0.608. The number of alkyl halides is 3. The number of carbonyl (C=O) groups excluding carboxylic acids is 1. The summed E-state index contributed by atoms with van der Waals surface area (Å²) in [7, 11) is 0. The van der Waals surface area contributed by atoms with Crippen LogP contribution in [-0.4, -0.2) is 24.0 Å². The van der Waals surface area contributed by atoms with E-state index in [1.165, 1.54) is 18.3 Å². The number of rotatable bonds is 1. The molecular formula is C27H23ClF3N3O2. The molecule has 5 nitrogen and oxygen atoms in total. The molecule has 9 heteroatoms. The highest BCUT2D eigenvalue weighted by Gasteiger charge is 2.31. The standard InChI is InChI=1S/C27H23ClF3N3O2/c28-21-7-10-23-19(16-21)4-3-18-2-1-13-34(36)25(18)24(23)17-11-14-33(15-12-17)26(35)32-22-8-5-20(6-9-22)27(29,30)31/h1-2,5-10,13,16H,3-4,11-12,14-15H2,(H,32,35). The second kappa shape index (κ2) is 9.50. The summed E-state index contributed by atoms with van der Waals surface area (Å²) in [5, 5.41) is 16.2. The third-order valence-corrected chi connectivity index (χ3v) is 6.99. The smallest absolute Gasteiger partial charge is 0.416 e. The van der Waals surface area contributed by atoms with Crippen molar-refractivity contribution in [3.8, 4) is 0 Å². The molecule has 2 heterocycles. The van der Waals surface area contributed by atoms with Crippen molar-refractivity contribution in [3.63, 3.8) is 0 Å². The summed E-state index contributed by atoms with van der Waals surface area (Å²) in [6.07, 6.45) is -0.275. The normalized spacial score (nSPS) is 15.7. The Morgan fingerprint density at radius 1 is 0.972 bits per heavy atom. The third-order valence-electron chi connectivity index (χ3n) is 6.75. The zero-order valence-electron chi connectivity index (χ0n) is 19.2. The summed E-state index contributed by atoms with van der Waals surface area (Å²) in [5.41, 5.74) is 5.24. The molecule has 1 aliphatic heterocycles. The lowest BCUT2D eigenvalue weighted by Crippen LogP contribution is -2.40. The van der Waals surface area contributed by atoms with E-state index in [1.807, 2.05) is 24.3 Å². The van der Waals surface area contributed by atoms with Crippen molar-refractivity contribution in [1.29, 1.82) is 0 Å². The number of nitrogens with zero attached hydrogens (tertiary/aromatic N) is 2. The number of fused-ring (bicyclic) bond motifs is 2. The van der Waals surface area contributed by atoms with Gasteiger partial charge in [0.2, 0.25) is 5.69 Å². The molecule has 0 spiro atoms. The molecule has 2 aromatic carbocycles. The van der Waals surface area contributed by atoms with Crippen LogP contribution in [0.2, 0.25) is 5.02 Å². The number of benzene rings is 2. The molecule has 5 rings (SSSR count). The number of likely N-dealkylation sites (tertiary alicyclic amines) is 1. The van der Waals surface area contributed by atoms with Gasteiger partial charge in [0.25, 0.3) is 0 Å². The first-order valence-corrected chi connectivity index (χ1v) is 12.0. The molecule has 1 saturated heterocycles. The summed E-state index contributed by atoms with van der Waals surface area (Å²) in [6.45, 7) is 0.852. The van der Waals surface area contributed by atoms with Gasteiger partial charge in [-0.3, -0.25) is 0 Å². The SMILES string of the molecule is O=C(Nc1ccc(C(F)(F)F)cc1)N1CCC(=C2c3ccc(Cl)cc3CCc3ccc[n+]([O-])c32)CC1. The Morgan fingerprint density at radius 3 is 2.36 bits per heavy atom. The van der Waals surface area contributed by atoms with E-state index in [4.69, 9.17) is 11.6 Å². The number of carbonyl (C=O) groups is 1. The van der Waals surface area contributed by atoms with Crippen molar-refractivity contribution in [2.75, 3.05) is 18.4 Å². The van der Waals surface area contributed by atoms with Crippen LogP contribution in [0, 0.1) is 5.21 Å². The van der Waals surface area contributed by atoms with Crippen LogP contribution in [0.5, 0.6) is 0 Å². The van der Waals surface area contributed by atoms with Crippen LogP contribution in [0.25, 0.3) is 5.57 Å². The Hall–Kier alpha value is -3.52. The monoisotopic (exact) mass is 513 g/mol. The maximum atomic E-state index is 12.9. The molecule has 0 bridgehead atoms. The average Bonchev–Trinajstić information content (AvgIpc) is 3.01. The second-order valence-electron chi connectivity index (χ2n) is 8.98. The molecule has 0 saturated carbocycles. The Kier molecular flexibility index (Phi) is 6.38. The number of anilines is 1. The fourth-order valence-electron chi connectivity index (χ4n) is 4.95. The highest BCUT2D eigenvalue weighted by Crippen LogP contribution is 2.38. The van der Waals surface area contributed by atoms with Gasteiger partial charge >= 0.3 is 12.2 Å². The number of urea groups is 1. The van der Waals surface area contributed by atoms with E-state index in [9.17, 15) is 23.2 Å². The van der Waals surface area contributed by atoms with Crippen LogP contribution < -0.4 is 10.0 Å². The minimum absolute atomic E-state index is 0.299. The van der Waals surface area contributed by atoms with Crippen molar-refractivity contribution in [2.24, 2.45) is 0 Å². The Morgan fingerprint density at radius 2 is 1.67 bits per heavy atom. The molecule has 1 aliphatic carbocycles. The number of hydrogen-bond donors (Lipinski definition) is 1. The number of aryl methyl sites for hydroxylation is 2. The zero-order valence-corrected chi connectivity index (χ0v) is 20.0. The molecule has 2 aliphatic rings. The number of nitrogens with one attached hydrogen (secondary N) is 1. The van der Waals surface area contributed by atoms with Crippen LogP contribution in [0.15, 0.2) is 66.4 Å². The molecule has 2 amide bonds. The Balaban J connectivity index is 1.39. The van der Waals surface area contributed by atoms with E-state index in [-0.39, 0.29) is 6.03 Å². The third kappa shape index (κ3) is 4.78. The highest BCUT2D eigenvalue weighted by atomic mass is 35.5. The number of amides is 2. The van der Waals surface area contributed by atoms with Crippen LogP contribution >= 0.6 is 11.6 Å². The van der Waals surface area contributed by atoms with Crippen molar-refractivity contribution < 1.29 is 22.7 Å². The second-order valence-corrected chi connectivity index (χ2v) is 9.42. The molecule has 1 fully saturated rings. The van der Waals surface area contributed by atoms with Gasteiger partial charge in [0.05, 0.1) is 11.1 Å². The Labute approximate surface area is 211 Å². The topological polar surface area (TPSA) is 59.3 Å². The summed E-state index contributed by atoms with van der Waals surface area (Å²) >= 11 is 6.27. The first kappa shape index (κ1) is 24.2. The van der Waals surface area contributed by atoms with Crippen LogP contribution in [0.4, 0.5) is 23.7 Å². The van der Waals surface area contributed by atoms with Gasteiger partial charge in [-0.15, -0.1) is 0 Å². The molecule has 0 radical (unpaired) electrons. The number of halogens is 4. The zero-order chi connectivity index (χ0) is 25.4. The van der Waals surface area contributed by atoms with Crippen molar-refractivity contribution in [3.05, 3.63) is 105 Å². The van der Waals surface area contributed by atoms with Gasteiger partial charge < -0.3 is 15.4 Å². The summed E-state index contributed by atoms with van der Waals surface area (Å²) in [5.74, 6) is 0. The van der Waals surface area contributed by atoms with Crippen LogP contribution in [0.3, 0.4) is 0 Å². The van der Waals surface area contributed by atoms with Crippen molar-refractivity contribution >= 4 is 28.9 Å².